The summed E-state index contributed by atoms with van der Waals surface area (Å²) in [6, 6.07) is 9.94. The van der Waals surface area contributed by atoms with Crippen LogP contribution in [0.25, 0.3) is 11.2 Å². The first-order valence-electron chi connectivity index (χ1n) is 10.5. The molecule has 0 radical (unpaired) electrons. The van der Waals surface area contributed by atoms with Crippen molar-refractivity contribution in [3.05, 3.63) is 41.7 Å². The van der Waals surface area contributed by atoms with Crippen LogP contribution in [0.4, 0.5) is 11.8 Å². The zero-order valence-corrected chi connectivity index (χ0v) is 19.8. The van der Waals surface area contributed by atoms with E-state index in [1.807, 2.05) is 34.9 Å². The Balaban J connectivity index is 1.79. The van der Waals surface area contributed by atoms with Crippen molar-refractivity contribution >= 4 is 30.5 Å². The number of imidazole rings is 1. The van der Waals surface area contributed by atoms with E-state index < -0.39 is 7.60 Å². The number of ether oxygens (including phenoxy) is 1. The summed E-state index contributed by atoms with van der Waals surface area (Å²) in [5, 5.41) is 0. The van der Waals surface area contributed by atoms with E-state index >= 15 is 0 Å². The number of benzene rings is 1. The van der Waals surface area contributed by atoms with E-state index in [4.69, 9.17) is 25.3 Å². The molecule has 0 aliphatic heterocycles. The molecule has 3 aromatic rings. The van der Waals surface area contributed by atoms with Crippen LogP contribution in [0.1, 0.15) is 39.1 Å². The second kappa shape index (κ2) is 10.4. The van der Waals surface area contributed by atoms with Gasteiger partial charge in [-0.05, 0) is 33.3 Å². The monoisotopic (exact) mass is 462 g/mol. The third kappa shape index (κ3) is 6.26. The molecule has 2 heterocycles. The quantitative estimate of drug-likeness (QED) is 0.323. The minimum Gasteiger partial charge on any atom is -0.382 e. The van der Waals surface area contributed by atoms with Gasteiger partial charge in [-0.1, -0.05) is 30.3 Å². The Hall–Kier alpha value is -2.52. The molecule has 0 fully saturated rings. The summed E-state index contributed by atoms with van der Waals surface area (Å²) < 4.78 is 31.6. The van der Waals surface area contributed by atoms with Crippen molar-refractivity contribution in [2.24, 2.45) is 0 Å². The van der Waals surface area contributed by atoms with Crippen molar-refractivity contribution in [2.75, 3.05) is 24.4 Å². The van der Waals surface area contributed by atoms with Gasteiger partial charge in [0, 0.05) is 13.0 Å². The van der Waals surface area contributed by atoms with E-state index in [0.717, 1.165) is 11.4 Å². The SMILES string of the molecule is CC(C)OP(=O)(COCCn1c(Cc2ccccc2)nc2c(N)nc(N)nc21)OC(C)C. The van der Waals surface area contributed by atoms with Gasteiger partial charge in [0.15, 0.2) is 17.0 Å². The molecule has 0 atom stereocenters. The van der Waals surface area contributed by atoms with E-state index in [-0.39, 0.29) is 36.9 Å². The highest BCUT2D eigenvalue weighted by Crippen LogP contribution is 2.50. The summed E-state index contributed by atoms with van der Waals surface area (Å²) in [6.07, 6.45) is -0.0765. The van der Waals surface area contributed by atoms with E-state index in [2.05, 4.69) is 15.0 Å². The minimum atomic E-state index is -3.38. The first kappa shape index (κ1) is 24.1. The highest BCUT2D eigenvalue weighted by Gasteiger charge is 2.28. The molecule has 10 nitrogen and oxygen atoms in total. The molecule has 1 aromatic carbocycles. The third-order valence-electron chi connectivity index (χ3n) is 4.37. The fourth-order valence-electron chi connectivity index (χ4n) is 3.29. The normalized spacial score (nSPS) is 12.3. The van der Waals surface area contributed by atoms with Crippen LogP contribution in [0.5, 0.6) is 0 Å². The standard InChI is InChI=1S/C21H31N6O4P/c1-14(2)30-32(28,31-15(3)4)13-29-11-10-27-17(12-16-8-6-5-7-9-16)24-18-19(22)25-21(23)26-20(18)27/h5-9,14-15H,10-13H2,1-4H3,(H4,22,23,25,26). The summed E-state index contributed by atoms with van der Waals surface area (Å²) in [5.74, 6) is 1.05. The van der Waals surface area contributed by atoms with E-state index in [9.17, 15) is 4.57 Å². The van der Waals surface area contributed by atoms with Gasteiger partial charge in [0.25, 0.3) is 0 Å². The number of anilines is 2. The predicted molar refractivity (Wildman–Crippen MR) is 124 cm³/mol. The molecule has 0 amide bonds. The average molecular weight is 462 g/mol. The molecule has 0 saturated heterocycles. The Labute approximate surface area is 187 Å². The molecule has 0 spiro atoms. The summed E-state index contributed by atoms with van der Waals surface area (Å²) >= 11 is 0. The molecule has 0 unspecified atom stereocenters. The van der Waals surface area contributed by atoms with Gasteiger partial charge in [0.05, 0.1) is 18.8 Å². The van der Waals surface area contributed by atoms with E-state index in [1.54, 1.807) is 27.7 Å². The second-order valence-corrected chi connectivity index (χ2v) is 9.84. The van der Waals surface area contributed by atoms with E-state index in [0.29, 0.717) is 24.1 Å². The van der Waals surface area contributed by atoms with Crippen LogP contribution in [0.3, 0.4) is 0 Å². The van der Waals surface area contributed by atoms with Crippen LogP contribution in [0, 0.1) is 0 Å². The van der Waals surface area contributed by atoms with Gasteiger partial charge in [0.2, 0.25) is 5.95 Å². The summed E-state index contributed by atoms with van der Waals surface area (Å²) in [5.41, 5.74) is 14.0. The van der Waals surface area contributed by atoms with Gasteiger partial charge in [-0.3, -0.25) is 4.57 Å². The van der Waals surface area contributed by atoms with Gasteiger partial charge in [0.1, 0.15) is 12.2 Å². The maximum atomic E-state index is 13.0. The number of nitrogens with two attached hydrogens (primary N) is 2. The molecule has 4 N–H and O–H groups in total. The van der Waals surface area contributed by atoms with Crippen molar-refractivity contribution in [3.8, 4) is 0 Å². The number of hydrogen-bond acceptors (Lipinski definition) is 9. The van der Waals surface area contributed by atoms with Gasteiger partial charge >= 0.3 is 7.60 Å². The zero-order chi connectivity index (χ0) is 23.3. The smallest absolute Gasteiger partial charge is 0.356 e. The fourth-order valence-corrected chi connectivity index (χ4v) is 5.10. The predicted octanol–water partition coefficient (Wildman–Crippen LogP) is 3.60. The van der Waals surface area contributed by atoms with Gasteiger partial charge < -0.3 is 29.8 Å². The third-order valence-corrected chi connectivity index (χ3v) is 6.36. The molecule has 0 aliphatic rings. The molecule has 32 heavy (non-hydrogen) atoms. The Morgan fingerprint density at radius 1 is 1.00 bits per heavy atom. The number of fused-ring (bicyclic) bond motifs is 1. The molecule has 3 rings (SSSR count). The minimum absolute atomic E-state index is 0.0727. The highest BCUT2D eigenvalue weighted by molar-refractivity contribution is 7.53. The van der Waals surface area contributed by atoms with Crippen molar-refractivity contribution < 1.29 is 18.3 Å². The number of rotatable bonds is 11. The van der Waals surface area contributed by atoms with Crippen molar-refractivity contribution in [3.63, 3.8) is 0 Å². The Kier molecular flexibility index (Phi) is 7.84. The first-order valence-corrected chi connectivity index (χ1v) is 12.3. The lowest BCUT2D eigenvalue weighted by atomic mass is 10.1. The lowest BCUT2D eigenvalue weighted by Gasteiger charge is -2.22. The lowest BCUT2D eigenvalue weighted by Crippen LogP contribution is -2.15. The first-order chi connectivity index (χ1) is 15.2. The van der Waals surface area contributed by atoms with Crippen LogP contribution in [-0.4, -0.2) is 44.7 Å². The molecular weight excluding hydrogens is 431 g/mol. The number of nitrogen functional groups attached to an aromatic ring is 2. The van der Waals surface area contributed by atoms with Crippen LogP contribution >= 0.6 is 7.60 Å². The Morgan fingerprint density at radius 2 is 1.66 bits per heavy atom. The van der Waals surface area contributed by atoms with Crippen LogP contribution in [-0.2, 0) is 31.3 Å². The fraction of sp³-hybridized carbons (Fsp3) is 0.476. The molecule has 0 aliphatic carbocycles. The summed E-state index contributed by atoms with van der Waals surface area (Å²) in [4.78, 5) is 13.0. The highest BCUT2D eigenvalue weighted by atomic mass is 31.2. The topological polar surface area (TPSA) is 140 Å². The summed E-state index contributed by atoms with van der Waals surface area (Å²) in [6.45, 7) is 7.86. The second-order valence-electron chi connectivity index (χ2n) is 7.94. The van der Waals surface area contributed by atoms with Crippen LogP contribution in [0.15, 0.2) is 30.3 Å². The summed E-state index contributed by atoms with van der Waals surface area (Å²) in [7, 11) is -3.38. The number of hydrogen-bond donors (Lipinski definition) is 2. The molecule has 0 bridgehead atoms. The molecule has 174 valence electrons. The van der Waals surface area contributed by atoms with Gasteiger partial charge in [-0.15, -0.1) is 0 Å². The zero-order valence-electron chi connectivity index (χ0n) is 18.9. The molecular formula is C21H31N6O4P. The largest absolute Gasteiger partial charge is 0.382 e. The molecule has 0 saturated carbocycles. The van der Waals surface area contributed by atoms with Crippen molar-refractivity contribution in [1.82, 2.24) is 19.5 Å². The molecule has 2 aromatic heterocycles. The average Bonchev–Trinajstić information content (AvgIpc) is 3.02. The van der Waals surface area contributed by atoms with Crippen molar-refractivity contribution in [2.45, 2.75) is 52.9 Å². The Morgan fingerprint density at radius 3 is 2.28 bits per heavy atom. The van der Waals surface area contributed by atoms with Crippen LogP contribution < -0.4 is 11.5 Å². The Bertz CT molecular complexity index is 1070. The lowest BCUT2D eigenvalue weighted by molar-refractivity contribution is 0.0959. The molecule has 11 heteroatoms. The number of nitrogens with zero attached hydrogens (tertiary/aromatic N) is 4. The van der Waals surface area contributed by atoms with Gasteiger partial charge in [-0.25, -0.2) is 4.98 Å². The maximum Gasteiger partial charge on any atom is 0.356 e. The van der Waals surface area contributed by atoms with Crippen molar-refractivity contribution in [1.29, 1.82) is 0 Å². The maximum absolute atomic E-state index is 13.0. The van der Waals surface area contributed by atoms with Gasteiger partial charge in [-0.2, -0.15) is 9.97 Å². The van der Waals surface area contributed by atoms with Crippen LogP contribution in [0.2, 0.25) is 0 Å². The number of aromatic nitrogens is 4. The van der Waals surface area contributed by atoms with E-state index in [1.165, 1.54) is 0 Å².